The van der Waals surface area contributed by atoms with Crippen molar-refractivity contribution in [2.45, 2.75) is 55.1 Å². The second-order valence-corrected chi connectivity index (χ2v) is 9.50. The van der Waals surface area contributed by atoms with Gasteiger partial charge in [0, 0.05) is 0 Å². The third-order valence-corrected chi connectivity index (χ3v) is 6.99. The van der Waals surface area contributed by atoms with Crippen LogP contribution in [0.15, 0.2) is 51.9 Å². The number of aromatic hydroxyl groups is 1. The zero-order chi connectivity index (χ0) is 28.0. The van der Waals surface area contributed by atoms with Crippen LogP contribution in [-0.4, -0.2) is 103 Å². The molecule has 0 aliphatic carbocycles. The molecule has 13 nitrogen and oxygen atoms in total. The number of aliphatic hydroxyl groups is 7. The summed E-state index contributed by atoms with van der Waals surface area (Å²) in [6.45, 7) is -1.08. The first-order chi connectivity index (χ1) is 18.6. The molecule has 13 heteroatoms. The van der Waals surface area contributed by atoms with E-state index in [2.05, 4.69) is 0 Å². The van der Waals surface area contributed by atoms with Gasteiger partial charge in [0.15, 0.2) is 0 Å². The van der Waals surface area contributed by atoms with Gasteiger partial charge in [0.25, 0.3) is 0 Å². The van der Waals surface area contributed by atoms with Crippen LogP contribution in [0.3, 0.4) is 0 Å². The molecule has 1 aromatic heterocycles. The number of aliphatic hydroxyl groups excluding tert-OH is 7. The van der Waals surface area contributed by atoms with Crippen LogP contribution in [0.1, 0.15) is 11.7 Å². The van der Waals surface area contributed by atoms with Gasteiger partial charge in [-0.15, -0.1) is 0 Å². The van der Waals surface area contributed by atoms with Gasteiger partial charge in [-0.05, 0) is 29.8 Å². The largest absolute Gasteiger partial charge is 0.508 e. The lowest BCUT2D eigenvalue weighted by Crippen LogP contribution is -2.56. The molecule has 0 unspecified atom stereocenters. The summed E-state index contributed by atoms with van der Waals surface area (Å²) in [5, 5.41) is 81.0. The molecule has 2 fully saturated rings. The summed E-state index contributed by atoms with van der Waals surface area (Å²) >= 11 is 0. The maximum atomic E-state index is 13.5. The van der Waals surface area contributed by atoms with Crippen molar-refractivity contribution in [2.75, 3.05) is 13.2 Å². The Labute approximate surface area is 220 Å². The van der Waals surface area contributed by atoms with Gasteiger partial charge in [-0.3, -0.25) is 4.79 Å². The first kappa shape index (κ1) is 27.5. The third kappa shape index (κ3) is 4.89. The lowest BCUT2D eigenvalue weighted by atomic mass is 9.89. The molecule has 0 bridgehead atoms. The molecule has 210 valence electrons. The average Bonchev–Trinajstić information content (AvgIpc) is 2.93. The highest BCUT2D eigenvalue weighted by Crippen LogP contribution is 2.42. The van der Waals surface area contributed by atoms with Crippen LogP contribution in [0.5, 0.6) is 11.5 Å². The molecule has 8 N–H and O–H groups in total. The SMILES string of the molecule is O=c1c(-c2ccc(O)cc2)coc2c([C@@H]3O[C@H](CO)[C@@H](O)[C@H](O)[C@H]3O)c(O[C@H]3OC[C@H](O)[C@@H](O)[C@H]3O)ccc12. The van der Waals surface area contributed by atoms with Crippen molar-refractivity contribution in [3.05, 3.63) is 58.4 Å². The normalized spacial score (nSPS) is 33.3. The second-order valence-electron chi connectivity index (χ2n) is 9.50. The summed E-state index contributed by atoms with van der Waals surface area (Å²) in [5.74, 6) is -0.139. The number of phenolic OH excluding ortho intramolecular Hbond substituents is 1. The minimum Gasteiger partial charge on any atom is -0.508 e. The third-order valence-electron chi connectivity index (χ3n) is 6.99. The van der Waals surface area contributed by atoms with Crippen LogP contribution in [-0.2, 0) is 9.47 Å². The number of hydrogen-bond acceptors (Lipinski definition) is 13. The molecule has 2 aliphatic heterocycles. The average molecular weight is 548 g/mol. The van der Waals surface area contributed by atoms with Gasteiger partial charge in [0.05, 0.1) is 29.7 Å². The molecule has 2 aliphatic rings. The van der Waals surface area contributed by atoms with E-state index >= 15 is 0 Å². The molecule has 0 amide bonds. The predicted octanol–water partition coefficient (Wildman–Crippen LogP) is -1.50. The van der Waals surface area contributed by atoms with E-state index in [4.69, 9.17) is 18.6 Å². The van der Waals surface area contributed by atoms with Gasteiger partial charge in [-0.2, -0.15) is 0 Å². The number of phenols is 1. The predicted molar refractivity (Wildman–Crippen MR) is 131 cm³/mol. The van der Waals surface area contributed by atoms with E-state index in [1.807, 2.05) is 0 Å². The van der Waals surface area contributed by atoms with Gasteiger partial charge >= 0.3 is 0 Å². The zero-order valence-corrected chi connectivity index (χ0v) is 20.3. The summed E-state index contributed by atoms with van der Waals surface area (Å²) in [4.78, 5) is 13.5. The Morgan fingerprint density at radius 3 is 2.28 bits per heavy atom. The highest BCUT2D eigenvalue weighted by atomic mass is 16.7. The molecule has 3 heterocycles. The van der Waals surface area contributed by atoms with Gasteiger partial charge in [0.2, 0.25) is 11.7 Å². The summed E-state index contributed by atoms with van der Waals surface area (Å²) in [6, 6.07) is 8.50. The Balaban J connectivity index is 1.65. The van der Waals surface area contributed by atoms with E-state index in [-0.39, 0.29) is 40.2 Å². The molecule has 3 aromatic rings. The van der Waals surface area contributed by atoms with Crippen LogP contribution < -0.4 is 10.2 Å². The quantitative estimate of drug-likeness (QED) is 0.182. The van der Waals surface area contributed by atoms with Crippen molar-refractivity contribution in [3.8, 4) is 22.6 Å². The van der Waals surface area contributed by atoms with Crippen LogP contribution in [0.25, 0.3) is 22.1 Å². The minimum absolute atomic E-state index is 0.000350. The Kier molecular flexibility index (Phi) is 7.61. The lowest BCUT2D eigenvalue weighted by Gasteiger charge is -2.41. The lowest BCUT2D eigenvalue weighted by molar-refractivity contribution is -0.244. The Morgan fingerprint density at radius 2 is 1.59 bits per heavy atom. The molecule has 39 heavy (non-hydrogen) atoms. The fourth-order valence-corrected chi connectivity index (χ4v) is 4.76. The first-order valence-corrected chi connectivity index (χ1v) is 12.1. The molecule has 5 rings (SSSR count). The van der Waals surface area contributed by atoms with Crippen molar-refractivity contribution < 1.29 is 59.5 Å². The molecule has 0 spiro atoms. The number of ether oxygens (including phenoxy) is 3. The maximum absolute atomic E-state index is 13.5. The van der Waals surface area contributed by atoms with Crippen LogP contribution >= 0.6 is 0 Å². The smallest absolute Gasteiger partial charge is 0.228 e. The highest BCUT2D eigenvalue weighted by molar-refractivity contribution is 5.86. The fraction of sp³-hybridized carbons (Fsp3) is 0.423. The van der Waals surface area contributed by atoms with Crippen LogP contribution in [0, 0.1) is 0 Å². The van der Waals surface area contributed by atoms with E-state index in [1.54, 1.807) is 0 Å². The van der Waals surface area contributed by atoms with Gasteiger partial charge in [0.1, 0.15) is 72.2 Å². The summed E-state index contributed by atoms with van der Waals surface area (Å²) < 4.78 is 22.7. The fourth-order valence-electron chi connectivity index (χ4n) is 4.76. The topological polar surface area (TPSA) is 220 Å². The van der Waals surface area contributed by atoms with E-state index in [0.717, 1.165) is 6.26 Å². The molecular formula is C26H28O13. The Hall–Kier alpha value is -3.11. The summed E-state index contributed by atoms with van der Waals surface area (Å²) in [7, 11) is 0. The Morgan fingerprint density at radius 1 is 0.872 bits per heavy atom. The van der Waals surface area contributed by atoms with Crippen molar-refractivity contribution in [3.63, 3.8) is 0 Å². The second kappa shape index (κ2) is 10.8. The minimum atomic E-state index is -1.78. The summed E-state index contributed by atoms with van der Waals surface area (Å²) in [6.07, 6.45) is -13.0. The molecular weight excluding hydrogens is 520 g/mol. The number of benzene rings is 2. The highest BCUT2D eigenvalue weighted by Gasteiger charge is 2.47. The van der Waals surface area contributed by atoms with E-state index in [1.165, 1.54) is 36.4 Å². The van der Waals surface area contributed by atoms with Crippen LogP contribution in [0.2, 0.25) is 0 Å². The van der Waals surface area contributed by atoms with Gasteiger partial charge in [-0.1, -0.05) is 12.1 Å². The summed E-state index contributed by atoms with van der Waals surface area (Å²) in [5.41, 5.74) is -0.124. The molecule has 0 saturated carbocycles. The standard InChI is InChI=1S/C26H28O13/c27-7-16-20(32)21(33)22(34)25(38-16)17-15(39-26-23(35)19(31)14(29)9-37-26)6-5-12-18(30)13(8-36-24(12)17)10-1-3-11(28)4-2-10/h1-6,8,14,16,19-23,25-29,31-35H,7,9H2/t14-,16+,19+,20+,21-,22+,23+,25-,26+/m0/s1. The number of fused-ring (bicyclic) bond motifs is 1. The Bertz CT molecular complexity index is 1370. The van der Waals surface area contributed by atoms with Crippen LogP contribution in [0.4, 0.5) is 0 Å². The zero-order valence-electron chi connectivity index (χ0n) is 20.3. The van der Waals surface area contributed by atoms with Crippen molar-refractivity contribution in [2.24, 2.45) is 0 Å². The van der Waals surface area contributed by atoms with Crippen molar-refractivity contribution in [1.82, 2.24) is 0 Å². The monoisotopic (exact) mass is 548 g/mol. The van der Waals surface area contributed by atoms with Gasteiger partial charge < -0.3 is 59.5 Å². The van der Waals surface area contributed by atoms with Gasteiger partial charge in [-0.25, -0.2) is 0 Å². The first-order valence-electron chi connectivity index (χ1n) is 12.1. The van der Waals surface area contributed by atoms with Crippen molar-refractivity contribution >= 4 is 11.0 Å². The van der Waals surface area contributed by atoms with E-state index < -0.39 is 67.2 Å². The molecule has 2 aromatic carbocycles. The van der Waals surface area contributed by atoms with Crippen molar-refractivity contribution in [1.29, 1.82) is 0 Å². The van der Waals surface area contributed by atoms with E-state index in [0.29, 0.717) is 5.56 Å². The number of hydrogen-bond donors (Lipinski definition) is 8. The number of rotatable bonds is 5. The molecule has 2 saturated heterocycles. The van der Waals surface area contributed by atoms with E-state index in [9.17, 15) is 45.6 Å². The maximum Gasteiger partial charge on any atom is 0.228 e. The molecule has 0 radical (unpaired) electrons. The molecule has 9 atom stereocenters.